The minimum Gasteiger partial charge on any atom is -0.396 e. The molecule has 1 aromatic carbocycles. The number of hydrogen-bond donors (Lipinski definition) is 3. The zero-order valence-corrected chi connectivity index (χ0v) is 14.9. The molecule has 0 aromatic heterocycles. The van der Waals surface area contributed by atoms with Gasteiger partial charge in [-0.05, 0) is 38.4 Å². The Labute approximate surface area is 146 Å². The van der Waals surface area contributed by atoms with Gasteiger partial charge in [-0.25, -0.2) is 0 Å². The van der Waals surface area contributed by atoms with Crippen LogP contribution in [0.4, 0.5) is 0 Å². The summed E-state index contributed by atoms with van der Waals surface area (Å²) in [7, 11) is 0. The van der Waals surface area contributed by atoms with Crippen molar-refractivity contribution in [2.45, 2.75) is 32.1 Å². The molecule has 3 N–H and O–H groups in total. The second-order valence-corrected chi connectivity index (χ2v) is 6.34. The number of aliphatic imine (C=N–C) groups is 1. The molecule has 0 aliphatic carbocycles. The number of guanidine groups is 1. The molecule has 24 heavy (non-hydrogen) atoms. The summed E-state index contributed by atoms with van der Waals surface area (Å²) in [6.07, 6.45) is 4.02. The lowest BCUT2D eigenvalue weighted by Gasteiger charge is -2.26. The number of nitrogens with one attached hydrogen (secondary N) is 2. The molecule has 5 nitrogen and oxygen atoms in total. The van der Waals surface area contributed by atoms with Crippen LogP contribution in [-0.2, 0) is 0 Å². The molecule has 0 saturated carbocycles. The number of piperidine rings is 1. The van der Waals surface area contributed by atoms with Crippen molar-refractivity contribution in [3.8, 4) is 0 Å². The molecule has 0 bridgehead atoms. The van der Waals surface area contributed by atoms with Crippen molar-refractivity contribution in [1.29, 1.82) is 0 Å². The Kier molecular flexibility index (Phi) is 8.63. The first-order valence-corrected chi connectivity index (χ1v) is 9.23. The van der Waals surface area contributed by atoms with Crippen LogP contribution in [0.25, 0.3) is 0 Å². The highest BCUT2D eigenvalue weighted by atomic mass is 16.3. The fourth-order valence-electron chi connectivity index (χ4n) is 3.05. The topological polar surface area (TPSA) is 59.9 Å². The van der Waals surface area contributed by atoms with Crippen LogP contribution in [0.1, 0.15) is 37.7 Å². The minimum atomic E-state index is 0.0451. The fraction of sp³-hybridized carbons (Fsp3) is 0.632. The third kappa shape index (κ3) is 6.49. The van der Waals surface area contributed by atoms with Crippen LogP contribution >= 0.6 is 0 Å². The lowest BCUT2D eigenvalue weighted by molar-refractivity contribution is 0.232. The van der Waals surface area contributed by atoms with Crippen molar-refractivity contribution in [1.82, 2.24) is 15.5 Å². The van der Waals surface area contributed by atoms with Crippen molar-refractivity contribution >= 4 is 5.96 Å². The first kappa shape index (κ1) is 18.7. The molecule has 1 atom stereocenters. The van der Waals surface area contributed by atoms with Crippen LogP contribution in [0.3, 0.4) is 0 Å². The Balaban J connectivity index is 1.82. The van der Waals surface area contributed by atoms with E-state index in [1.54, 1.807) is 0 Å². The minimum absolute atomic E-state index is 0.0451. The smallest absolute Gasteiger partial charge is 0.191 e. The van der Waals surface area contributed by atoms with Gasteiger partial charge in [-0.1, -0.05) is 36.8 Å². The van der Waals surface area contributed by atoms with E-state index in [0.717, 1.165) is 31.2 Å². The van der Waals surface area contributed by atoms with E-state index in [0.29, 0.717) is 6.54 Å². The van der Waals surface area contributed by atoms with Crippen LogP contribution in [0.2, 0.25) is 0 Å². The van der Waals surface area contributed by atoms with Crippen molar-refractivity contribution in [2.75, 3.05) is 45.9 Å². The SMILES string of the molecule is CCNC(=NCC(CO)c1ccccc1)NCCN1CCCCC1. The van der Waals surface area contributed by atoms with Gasteiger partial charge in [0, 0.05) is 25.6 Å². The summed E-state index contributed by atoms with van der Waals surface area (Å²) < 4.78 is 0. The molecule has 2 rings (SSSR count). The van der Waals surface area contributed by atoms with E-state index in [1.165, 1.54) is 32.4 Å². The number of aliphatic hydroxyl groups excluding tert-OH is 1. The predicted octanol–water partition coefficient (Wildman–Crippen LogP) is 1.80. The van der Waals surface area contributed by atoms with Gasteiger partial charge < -0.3 is 20.6 Å². The third-order valence-corrected chi connectivity index (χ3v) is 4.47. The molecular formula is C19H32N4O. The average molecular weight is 332 g/mol. The standard InChI is InChI=1S/C19H32N4O/c1-2-20-19(21-11-14-23-12-7-4-8-13-23)22-15-18(16-24)17-9-5-3-6-10-17/h3,5-6,9-10,18,24H,2,4,7-8,11-16H2,1H3,(H2,20,21,22). The van der Waals surface area contributed by atoms with Gasteiger partial charge >= 0.3 is 0 Å². The number of hydrogen-bond acceptors (Lipinski definition) is 3. The molecule has 134 valence electrons. The van der Waals surface area contributed by atoms with Gasteiger partial charge in [0.1, 0.15) is 0 Å². The van der Waals surface area contributed by atoms with Crippen molar-refractivity contribution < 1.29 is 5.11 Å². The third-order valence-electron chi connectivity index (χ3n) is 4.47. The molecule has 1 saturated heterocycles. The maximum atomic E-state index is 9.65. The van der Waals surface area contributed by atoms with Gasteiger partial charge in [0.2, 0.25) is 0 Å². The number of aliphatic hydroxyl groups is 1. The van der Waals surface area contributed by atoms with Crippen LogP contribution in [0.5, 0.6) is 0 Å². The highest BCUT2D eigenvalue weighted by molar-refractivity contribution is 5.79. The highest BCUT2D eigenvalue weighted by Crippen LogP contribution is 2.14. The van der Waals surface area contributed by atoms with E-state index in [9.17, 15) is 5.11 Å². The van der Waals surface area contributed by atoms with E-state index >= 15 is 0 Å². The Morgan fingerprint density at radius 3 is 2.58 bits per heavy atom. The number of benzene rings is 1. The van der Waals surface area contributed by atoms with Crippen LogP contribution in [0.15, 0.2) is 35.3 Å². The van der Waals surface area contributed by atoms with Gasteiger partial charge in [0.25, 0.3) is 0 Å². The predicted molar refractivity (Wildman–Crippen MR) is 101 cm³/mol. The summed E-state index contributed by atoms with van der Waals surface area (Å²) in [5.74, 6) is 0.882. The van der Waals surface area contributed by atoms with E-state index in [1.807, 2.05) is 30.3 Å². The van der Waals surface area contributed by atoms with Crippen molar-refractivity contribution in [2.24, 2.45) is 4.99 Å². The second kappa shape index (κ2) is 11.0. The molecular weight excluding hydrogens is 300 g/mol. The van der Waals surface area contributed by atoms with Crippen LogP contribution < -0.4 is 10.6 Å². The molecule has 5 heteroatoms. The Morgan fingerprint density at radius 1 is 1.17 bits per heavy atom. The maximum absolute atomic E-state index is 9.65. The first-order valence-electron chi connectivity index (χ1n) is 9.23. The Hall–Kier alpha value is -1.59. The quantitative estimate of drug-likeness (QED) is 0.502. The van der Waals surface area contributed by atoms with Gasteiger partial charge in [-0.2, -0.15) is 0 Å². The fourth-order valence-corrected chi connectivity index (χ4v) is 3.05. The van der Waals surface area contributed by atoms with Crippen LogP contribution in [-0.4, -0.2) is 61.8 Å². The molecule has 1 unspecified atom stereocenters. The molecule has 0 amide bonds. The summed E-state index contributed by atoms with van der Waals surface area (Å²) in [6, 6.07) is 10.1. The zero-order chi connectivity index (χ0) is 17.0. The first-order chi connectivity index (χ1) is 11.8. The lowest BCUT2D eigenvalue weighted by Crippen LogP contribution is -2.42. The molecule has 1 aromatic rings. The molecule has 0 spiro atoms. The summed E-state index contributed by atoms with van der Waals surface area (Å²) in [5.41, 5.74) is 1.13. The Bertz CT molecular complexity index is 472. The second-order valence-electron chi connectivity index (χ2n) is 6.34. The summed E-state index contributed by atoms with van der Waals surface area (Å²) >= 11 is 0. The van der Waals surface area contributed by atoms with Gasteiger partial charge in [-0.3, -0.25) is 4.99 Å². The summed E-state index contributed by atoms with van der Waals surface area (Å²) in [6.45, 7) is 8.01. The zero-order valence-electron chi connectivity index (χ0n) is 14.9. The maximum Gasteiger partial charge on any atom is 0.191 e. The van der Waals surface area contributed by atoms with Gasteiger partial charge in [0.05, 0.1) is 13.2 Å². The van der Waals surface area contributed by atoms with E-state index in [2.05, 4.69) is 27.4 Å². The summed E-state index contributed by atoms with van der Waals surface area (Å²) in [5, 5.41) is 16.4. The molecule has 1 aliphatic rings. The molecule has 1 aliphatic heterocycles. The van der Waals surface area contributed by atoms with Crippen LogP contribution in [0, 0.1) is 0 Å². The van der Waals surface area contributed by atoms with E-state index in [4.69, 9.17) is 0 Å². The Morgan fingerprint density at radius 2 is 1.92 bits per heavy atom. The van der Waals surface area contributed by atoms with Gasteiger partial charge in [-0.15, -0.1) is 0 Å². The number of nitrogens with zero attached hydrogens (tertiary/aromatic N) is 2. The molecule has 0 radical (unpaired) electrons. The van der Waals surface area contributed by atoms with E-state index < -0.39 is 0 Å². The van der Waals surface area contributed by atoms with Crippen molar-refractivity contribution in [3.63, 3.8) is 0 Å². The number of rotatable bonds is 8. The van der Waals surface area contributed by atoms with Crippen molar-refractivity contribution in [3.05, 3.63) is 35.9 Å². The van der Waals surface area contributed by atoms with Gasteiger partial charge in [0.15, 0.2) is 5.96 Å². The largest absolute Gasteiger partial charge is 0.396 e. The normalized spacial score (nSPS) is 17.5. The monoisotopic (exact) mass is 332 g/mol. The average Bonchev–Trinajstić information content (AvgIpc) is 2.64. The molecule has 1 fully saturated rings. The molecule has 1 heterocycles. The number of likely N-dealkylation sites (tertiary alicyclic amines) is 1. The summed E-state index contributed by atoms with van der Waals surface area (Å²) in [4.78, 5) is 7.17. The van der Waals surface area contributed by atoms with E-state index in [-0.39, 0.29) is 12.5 Å². The highest BCUT2D eigenvalue weighted by Gasteiger charge is 2.11. The lowest BCUT2D eigenvalue weighted by atomic mass is 10.0.